The Kier molecular flexibility index (Phi) is 3.67. The minimum Gasteiger partial charge on any atom is -0.381 e. The largest absolute Gasteiger partial charge is 0.381 e. The Labute approximate surface area is 99.1 Å². The van der Waals surface area contributed by atoms with Gasteiger partial charge in [-0.1, -0.05) is 28.8 Å². The monoisotopic (exact) mass is 275 g/mol. The van der Waals surface area contributed by atoms with Crippen LogP contribution < -0.4 is 5.32 Å². The van der Waals surface area contributed by atoms with Crippen molar-refractivity contribution in [3.8, 4) is 0 Å². The number of amides is 1. The molecule has 0 aromatic carbocycles. The van der Waals surface area contributed by atoms with E-state index in [9.17, 15) is 4.79 Å². The maximum absolute atomic E-state index is 12.0. The fourth-order valence-corrected chi connectivity index (χ4v) is 3.15. The lowest BCUT2D eigenvalue weighted by atomic mass is 9.98. The molecule has 1 saturated heterocycles. The number of carbonyl (C=O) groups is 1. The number of halogens is 1. The van der Waals surface area contributed by atoms with Gasteiger partial charge in [-0.2, -0.15) is 0 Å². The van der Waals surface area contributed by atoms with Crippen molar-refractivity contribution in [2.24, 2.45) is 5.92 Å². The van der Waals surface area contributed by atoms with Gasteiger partial charge in [-0.3, -0.25) is 4.79 Å². The van der Waals surface area contributed by atoms with Crippen molar-refractivity contribution >= 4 is 21.8 Å². The Morgan fingerprint density at radius 1 is 1.47 bits per heavy atom. The molecule has 0 aromatic heterocycles. The summed E-state index contributed by atoms with van der Waals surface area (Å²) in [7, 11) is 0. The highest BCUT2D eigenvalue weighted by atomic mass is 79.9. The Morgan fingerprint density at radius 2 is 2.20 bits per heavy atom. The van der Waals surface area contributed by atoms with E-state index in [1.807, 2.05) is 0 Å². The predicted molar refractivity (Wildman–Crippen MR) is 62.1 cm³/mol. The second kappa shape index (κ2) is 4.83. The van der Waals surface area contributed by atoms with Crippen molar-refractivity contribution in [3.63, 3.8) is 0 Å². The van der Waals surface area contributed by atoms with Crippen LogP contribution in [0.1, 0.15) is 32.1 Å². The summed E-state index contributed by atoms with van der Waals surface area (Å²) >= 11 is 3.52. The minimum absolute atomic E-state index is 0.0275. The maximum Gasteiger partial charge on any atom is 0.225 e. The van der Waals surface area contributed by atoms with Crippen LogP contribution in [0, 0.1) is 5.92 Å². The molecular formula is C11H18BrNO2. The highest BCUT2D eigenvalue weighted by molar-refractivity contribution is 9.09. The fraction of sp³-hybridized carbons (Fsp3) is 0.909. The van der Waals surface area contributed by atoms with Crippen LogP contribution >= 0.6 is 15.9 Å². The Balaban J connectivity index is 1.91. The highest BCUT2D eigenvalue weighted by Crippen LogP contribution is 2.31. The molecule has 0 aromatic rings. The molecule has 1 aliphatic heterocycles. The van der Waals surface area contributed by atoms with Crippen molar-refractivity contribution < 1.29 is 9.53 Å². The first-order valence-electron chi connectivity index (χ1n) is 5.71. The topological polar surface area (TPSA) is 38.3 Å². The van der Waals surface area contributed by atoms with Crippen LogP contribution in [-0.2, 0) is 9.53 Å². The van der Waals surface area contributed by atoms with E-state index in [0.717, 1.165) is 31.2 Å². The average molecular weight is 276 g/mol. The van der Waals surface area contributed by atoms with Gasteiger partial charge in [0.2, 0.25) is 5.91 Å². The van der Waals surface area contributed by atoms with E-state index >= 15 is 0 Å². The van der Waals surface area contributed by atoms with Crippen LogP contribution in [0.25, 0.3) is 0 Å². The number of ether oxygens (including phenoxy) is 1. The summed E-state index contributed by atoms with van der Waals surface area (Å²) < 4.78 is 5.24. The van der Waals surface area contributed by atoms with Gasteiger partial charge in [0.15, 0.2) is 0 Å². The molecular weight excluding hydrogens is 258 g/mol. The summed E-state index contributed by atoms with van der Waals surface area (Å²) in [5, 5.41) is 4.09. The van der Waals surface area contributed by atoms with Gasteiger partial charge in [-0.05, 0) is 19.3 Å². The molecule has 0 radical (unpaired) electrons. The summed E-state index contributed by atoms with van der Waals surface area (Å²) in [5.41, 5.74) is 0.0275. The molecule has 1 heterocycles. The molecule has 0 spiro atoms. The van der Waals surface area contributed by atoms with Crippen LogP contribution in [-0.4, -0.2) is 30.0 Å². The minimum atomic E-state index is 0.0275. The first-order chi connectivity index (χ1) is 7.26. The van der Waals surface area contributed by atoms with Crippen LogP contribution in [0.4, 0.5) is 0 Å². The normalized spacial score (nSPS) is 29.3. The third-order valence-electron chi connectivity index (χ3n) is 3.51. The second-order valence-corrected chi connectivity index (χ2v) is 5.23. The number of rotatable bonds is 3. The lowest BCUT2D eigenvalue weighted by Crippen LogP contribution is -2.50. The number of carbonyl (C=O) groups excluding carboxylic acids is 1. The fourth-order valence-electron chi connectivity index (χ4n) is 2.45. The van der Waals surface area contributed by atoms with Crippen molar-refractivity contribution in [3.05, 3.63) is 0 Å². The zero-order chi connectivity index (χ0) is 10.7. The van der Waals surface area contributed by atoms with E-state index in [1.165, 1.54) is 12.8 Å². The summed E-state index contributed by atoms with van der Waals surface area (Å²) in [6, 6.07) is 0. The van der Waals surface area contributed by atoms with Gasteiger partial charge >= 0.3 is 0 Å². The maximum atomic E-state index is 12.0. The molecule has 1 amide bonds. The third kappa shape index (κ3) is 2.53. The Bertz CT molecular complexity index is 233. The molecule has 1 atom stereocenters. The third-order valence-corrected chi connectivity index (χ3v) is 4.58. The van der Waals surface area contributed by atoms with Crippen LogP contribution in [0.3, 0.4) is 0 Å². The van der Waals surface area contributed by atoms with Gasteiger partial charge in [0, 0.05) is 17.5 Å². The van der Waals surface area contributed by atoms with E-state index < -0.39 is 0 Å². The summed E-state index contributed by atoms with van der Waals surface area (Å²) in [5.74, 6) is 0.273. The van der Waals surface area contributed by atoms with Crippen LogP contribution in [0.15, 0.2) is 0 Å². The molecule has 2 fully saturated rings. The number of alkyl halides is 1. The van der Waals surface area contributed by atoms with Gasteiger partial charge in [0.1, 0.15) is 0 Å². The summed E-state index contributed by atoms with van der Waals surface area (Å²) in [4.78, 5) is 12.0. The first-order valence-corrected chi connectivity index (χ1v) is 6.84. The number of hydrogen-bond donors (Lipinski definition) is 1. The molecule has 1 saturated carbocycles. The predicted octanol–water partition coefficient (Wildman–Crippen LogP) is 1.85. The van der Waals surface area contributed by atoms with Gasteiger partial charge in [0.05, 0.1) is 12.5 Å². The highest BCUT2D eigenvalue weighted by Gasteiger charge is 2.36. The molecule has 1 unspecified atom stereocenters. The van der Waals surface area contributed by atoms with Crippen LogP contribution in [0.2, 0.25) is 0 Å². The van der Waals surface area contributed by atoms with E-state index in [0.29, 0.717) is 6.61 Å². The molecule has 2 aliphatic rings. The Morgan fingerprint density at radius 3 is 2.73 bits per heavy atom. The molecule has 2 rings (SSSR count). The quantitative estimate of drug-likeness (QED) is 0.799. The SMILES string of the molecule is O=C(NC1(CBr)CCCC1)C1CCOC1. The molecule has 86 valence electrons. The number of nitrogens with one attached hydrogen (secondary N) is 1. The molecule has 1 aliphatic carbocycles. The van der Waals surface area contributed by atoms with Gasteiger partial charge < -0.3 is 10.1 Å². The lowest BCUT2D eigenvalue weighted by Gasteiger charge is -2.29. The van der Waals surface area contributed by atoms with Gasteiger partial charge in [-0.25, -0.2) is 0 Å². The van der Waals surface area contributed by atoms with Crippen molar-refractivity contribution in [2.75, 3.05) is 18.5 Å². The number of hydrogen-bond acceptors (Lipinski definition) is 2. The zero-order valence-corrected chi connectivity index (χ0v) is 10.5. The van der Waals surface area contributed by atoms with Crippen molar-refractivity contribution in [1.82, 2.24) is 5.32 Å². The summed E-state index contributed by atoms with van der Waals surface area (Å²) in [6.07, 6.45) is 5.55. The first kappa shape index (κ1) is 11.4. The molecule has 15 heavy (non-hydrogen) atoms. The standard InChI is InChI=1S/C11H18BrNO2/c12-8-11(4-1-2-5-11)13-10(14)9-3-6-15-7-9/h9H,1-8H2,(H,13,14). The molecule has 3 nitrogen and oxygen atoms in total. The van der Waals surface area contributed by atoms with Crippen molar-refractivity contribution in [2.45, 2.75) is 37.6 Å². The van der Waals surface area contributed by atoms with Crippen molar-refractivity contribution in [1.29, 1.82) is 0 Å². The van der Waals surface area contributed by atoms with Gasteiger partial charge in [0.25, 0.3) is 0 Å². The molecule has 0 bridgehead atoms. The van der Waals surface area contributed by atoms with Crippen LogP contribution in [0.5, 0.6) is 0 Å². The van der Waals surface area contributed by atoms with E-state index in [1.54, 1.807) is 0 Å². The zero-order valence-electron chi connectivity index (χ0n) is 8.93. The molecule has 4 heteroatoms. The average Bonchev–Trinajstić information content (AvgIpc) is 2.88. The summed E-state index contributed by atoms with van der Waals surface area (Å²) in [6.45, 7) is 1.34. The smallest absolute Gasteiger partial charge is 0.225 e. The van der Waals surface area contributed by atoms with E-state index in [4.69, 9.17) is 4.74 Å². The van der Waals surface area contributed by atoms with Gasteiger partial charge in [-0.15, -0.1) is 0 Å². The molecule has 1 N–H and O–H groups in total. The lowest BCUT2D eigenvalue weighted by molar-refractivity contribution is -0.126. The van der Waals surface area contributed by atoms with E-state index in [-0.39, 0.29) is 17.4 Å². The van der Waals surface area contributed by atoms with E-state index in [2.05, 4.69) is 21.2 Å². The second-order valence-electron chi connectivity index (χ2n) is 4.67. The Hall–Kier alpha value is -0.0900.